The molecule has 0 bridgehead atoms. The van der Waals surface area contributed by atoms with Crippen LogP contribution in [0.4, 0.5) is 0 Å². The Morgan fingerprint density at radius 3 is 2.16 bits per heavy atom. The number of aliphatic hydroxyl groups excluding tert-OH is 1. The van der Waals surface area contributed by atoms with E-state index in [-0.39, 0.29) is 49.9 Å². The number of esters is 3. The third-order valence-electron chi connectivity index (χ3n) is 8.01. The number of hydrogen-bond acceptors (Lipinski definition) is 12. The zero-order valence-electron chi connectivity index (χ0n) is 27.2. The molecular weight excluding hydrogens is 610 g/mol. The van der Waals surface area contributed by atoms with Crippen LogP contribution in [-0.4, -0.2) is 83.7 Å². The van der Waals surface area contributed by atoms with Crippen molar-refractivity contribution >= 4 is 33.9 Å². The van der Waals surface area contributed by atoms with E-state index in [9.17, 15) is 32.7 Å². The lowest BCUT2D eigenvalue weighted by Gasteiger charge is -2.38. The van der Waals surface area contributed by atoms with Crippen molar-refractivity contribution in [1.29, 1.82) is 0 Å². The first kappa shape index (κ1) is 38.1. The molecule has 45 heavy (non-hydrogen) atoms. The minimum absolute atomic E-state index is 0.0550. The van der Waals surface area contributed by atoms with Gasteiger partial charge < -0.3 is 29.4 Å². The number of benzene rings is 1. The minimum atomic E-state index is -4.15. The van der Waals surface area contributed by atoms with Crippen LogP contribution in [0.5, 0.6) is 0 Å². The topological polar surface area (TPSA) is 184 Å². The fourth-order valence-corrected chi connectivity index (χ4v) is 6.02. The normalized spacial score (nSPS) is 18.1. The van der Waals surface area contributed by atoms with Crippen LogP contribution in [0.1, 0.15) is 65.9 Å². The van der Waals surface area contributed by atoms with Gasteiger partial charge in [-0.25, -0.2) is 4.18 Å². The van der Waals surface area contributed by atoms with Gasteiger partial charge in [0.15, 0.2) is 0 Å². The molecule has 1 amide bonds. The lowest BCUT2D eigenvalue weighted by atomic mass is 9.67. The van der Waals surface area contributed by atoms with Crippen LogP contribution < -0.4 is 5.32 Å². The second kappa shape index (κ2) is 16.0. The summed E-state index contributed by atoms with van der Waals surface area (Å²) in [5.74, 6) is -3.62. The Hall–Kier alpha value is -3.07. The summed E-state index contributed by atoms with van der Waals surface area (Å²) in [6.07, 6.45) is -0.244. The van der Waals surface area contributed by atoms with Crippen molar-refractivity contribution in [3.8, 4) is 0 Å². The number of nitrogens with one attached hydrogen (secondary N) is 1. The van der Waals surface area contributed by atoms with Gasteiger partial charge in [0.1, 0.15) is 26.0 Å². The average Bonchev–Trinajstić information content (AvgIpc) is 3.82. The van der Waals surface area contributed by atoms with Crippen LogP contribution >= 0.6 is 0 Å². The average molecular weight is 658 g/mol. The molecular formula is C31H47NO12S. The molecule has 1 fully saturated rings. The number of epoxide rings is 1. The summed E-state index contributed by atoms with van der Waals surface area (Å²) in [7, 11) is -2.95. The maximum atomic E-state index is 13.4. The highest BCUT2D eigenvalue weighted by Crippen LogP contribution is 2.44. The van der Waals surface area contributed by atoms with Gasteiger partial charge in [-0.3, -0.25) is 19.2 Å². The van der Waals surface area contributed by atoms with Crippen LogP contribution in [0.25, 0.3) is 0 Å². The Morgan fingerprint density at radius 1 is 1.02 bits per heavy atom. The molecule has 0 aromatic heterocycles. The number of methoxy groups -OCH3 is 1. The molecule has 4 unspecified atom stereocenters. The lowest BCUT2D eigenvalue weighted by Crippen LogP contribution is -2.45. The largest absolute Gasteiger partial charge is 0.469 e. The summed E-state index contributed by atoms with van der Waals surface area (Å²) in [5.41, 5.74) is -2.94. The highest BCUT2D eigenvalue weighted by Gasteiger charge is 2.48. The Morgan fingerprint density at radius 2 is 1.62 bits per heavy atom. The van der Waals surface area contributed by atoms with Gasteiger partial charge >= 0.3 is 17.9 Å². The fourth-order valence-electron chi connectivity index (χ4n) is 5.20. The van der Waals surface area contributed by atoms with Gasteiger partial charge in [0.25, 0.3) is 10.1 Å². The van der Waals surface area contributed by atoms with Crippen LogP contribution in [0.3, 0.4) is 0 Å². The molecule has 1 aliphatic heterocycles. The zero-order chi connectivity index (χ0) is 34.1. The van der Waals surface area contributed by atoms with Crippen LogP contribution in [0.2, 0.25) is 0 Å². The van der Waals surface area contributed by atoms with Crippen LogP contribution in [-0.2, 0) is 52.4 Å². The number of hydrogen-bond donors (Lipinski definition) is 2. The third-order valence-corrected chi connectivity index (χ3v) is 9.29. The molecule has 1 heterocycles. The summed E-state index contributed by atoms with van der Waals surface area (Å²) in [4.78, 5) is 52.7. The highest BCUT2D eigenvalue weighted by molar-refractivity contribution is 7.86. The van der Waals surface area contributed by atoms with E-state index in [1.165, 1.54) is 19.2 Å². The summed E-state index contributed by atoms with van der Waals surface area (Å²) < 4.78 is 50.9. The van der Waals surface area contributed by atoms with Crippen LogP contribution in [0, 0.1) is 29.1 Å². The van der Waals surface area contributed by atoms with Gasteiger partial charge in [-0.2, -0.15) is 8.42 Å². The first-order chi connectivity index (χ1) is 20.9. The number of ether oxygens (including phenoxy) is 4. The number of rotatable bonds is 19. The van der Waals surface area contributed by atoms with Gasteiger partial charge in [-0.15, -0.1) is 0 Å². The monoisotopic (exact) mass is 657 g/mol. The predicted octanol–water partition coefficient (Wildman–Crippen LogP) is 2.66. The third kappa shape index (κ3) is 11.0. The second-order valence-corrected chi connectivity index (χ2v) is 14.2. The van der Waals surface area contributed by atoms with Crippen molar-refractivity contribution in [1.82, 2.24) is 5.32 Å². The molecule has 0 spiro atoms. The molecule has 2 N–H and O–H groups in total. The van der Waals surface area contributed by atoms with E-state index < -0.39 is 69.4 Å². The summed E-state index contributed by atoms with van der Waals surface area (Å²) >= 11 is 0. The fraction of sp³-hybridized carbons (Fsp3) is 0.677. The minimum Gasteiger partial charge on any atom is -0.469 e. The van der Waals surface area contributed by atoms with Gasteiger partial charge in [-0.1, -0.05) is 31.5 Å². The lowest BCUT2D eigenvalue weighted by molar-refractivity contribution is -0.164. The molecule has 2 rings (SSSR count). The zero-order valence-corrected chi connectivity index (χ0v) is 28.0. The van der Waals surface area contributed by atoms with Crippen molar-refractivity contribution in [2.45, 2.75) is 78.2 Å². The van der Waals surface area contributed by atoms with Gasteiger partial charge in [0.05, 0.1) is 42.0 Å². The Balaban J connectivity index is 2.25. The summed E-state index contributed by atoms with van der Waals surface area (Å²) in [6, 6.07) is 6.03. The number of carbonyl (C=O) groups excluding carboxylic acids is 4. The quantitative estimate of drug-likeness (QED) is 0.0730. The van der Waals surface area contributed by atoms with Gasteiger partial charge in [0.2, 0.25) is 5.91 Å². The SMILES string of the molecule is CCC(C)(CC(CC(C)(CC(C)(C)C(=O)OCC1CO1)C(=O)OC)C(=O)OCCO)C(=O)NCOS(=O)(=O)c1ccc(C)cc1. The van der Waals surface area contributed by atoms with Crippen molar-refractivity contribution in [2.75, 3.05) is 40.3 Å². The Bertz CT molecular complexity index is 1290. The number of aliphatic hydroxyl groups is 1. The molecule has 0 radical (unpaired) electrons. The van der Waals surface area contributed by atoms with E-state index >= 15 is 0 Å². The molecule has 4 atom stereocenters. The van der Waals surface area contributed by atoms with E-state index in [0.29, 0.717) is 6.61 Å². The molecule has 0 aliphatic carbocycles. The Kier molecular flexibility index (Phi) is 13.5. The van der Waals surface area contributed by atoms with Crippen molar-refractivity contribution < 1.29 is 55.8 Å². The molecule has 1 saturated heterocycles. The van der Waals surface area contributed by atoms with Crippen LogP contribution in [0.15, 0.2) is 29.2 Å². The van der Waals surface area contributed by atoms with Gasteiger partial charge in [-0.05, 0) is 65.5 Å². The number of carbonyl (C=O) groups is 4. The van der Waals surface area contributed by atoms with E-state index in [0.717, 1.165) is 5.56 Å². The molecule has 254 valence electrons. The van der Waals surface area contributed by atoms with Crippen molar-refractivity contribution in [3.63, 3.8) is 0 Å². The standard InChI is InChI=1S/C31H47NO12S/c1-8-30(5,26(35)32-20-44-45(38,39)24-11-9-21(2)10-12-24)15-22(25(34)41-14-13-33)16-31(6,28(37)40-7)19-29(3,4)27(36)43-18-23-17-42-23/h9-12,22-23,33H,8,13-20H2,1-7H3,(H,32,35). The van der Waals surface area contributed by atoms with E-state index in [1.54, 1.807) is 46.8 Å². The van der Waals surface area contributed by atoms with E-state index in [2.05, 4.69) is 5.32 Å². The Labute approximate surface area is 265 Å². The molecule has 1 aromatic rings. The summed E-state index contributed by atoms with van der Waals surface area (Å²) in [6.45, 7) is 9.15. The second-order valence-electron chi connectivity index (χ2n) is 12.6. The predicted molar refractivity (Wildman–Crippen MR) is 161 cm³/mol. The highest BCUT2D eigenvalue weighted by atomic mass is 32.2. The molecule has 13 nitrogen and oxygen atoms in total. The molecule has 1 aliphatic rings. The first-order valence-corrected chi connectivity index (χ1v) is 16.2. The van der Waals surface area contributed by atoms with E-state index in [1.807, 2.05) is 6.92 Å². The molecule has 14 heteroatoms. The first-order valence-electron chi connectivity index (χ1n) is 14.8. The van der Waals surface area contributed by atoms with E-state index in [4.69, 9.17) is 23.1 Å². The van der Waals surface area contributed by atoms with Crippen molar-refractivity contribution in [3.05, 3.63) is 29.8 Å². The summed E-state index contributed by atoms with van der Waals surface area (Å²) in [5, 5.41) is 11.7. The number of amides is 1. The number of aryl methyl sites for hydroxylation is 1. The molecule has 1 aromatic carbocycles. The van der Waals surface area contributed by atoms with Crippen molar-refractivity contribution in [2.24, 2.45) is 22.2 Å². The maximum Gasteiger partial charge on any atom is 0.311 e. The molecule has 0 saturated carbocycles. The van der Waals surface area contributed by atoms with Gasteiger partial charge in [0, 0.05) is 5.41 Å². The smallest absolute Gasteiger partial charge is 0.311 e. The maximum absolute atomic E-state index is 13.4.